The molecular formula is C20H18Cl2N2O3. The van der Waals surface area contributed by atoms with Gasteiger partial charge in [-0.25, -0.2) is 5.06 Å². The van der Waals surface area contributed by atoms with E-state index >= 15 is 0 Å². The predicted molar refractivity (Wildman–Crippen MR) is 103 cm³/mol. The molecule has 2 amide bonds. The molecule has 5 nitrogen and oxygen atoms in total. The van der Waals surface area contributed by atoms with Crippen LogP contribution < -0.4 is 5.06 Å². The zero-order valence-corrected chi connectivity index (χ0v) is 16.3. The van der Waals surface area contributed by atoms with Crippen molar-refractivity contribution in [1.29, 1.82) is 0 Å². The van der Waals surface area contributed by atoms with Gasteiger partial charge in [-0.05, 0) is 43.7 Å². The summed E-state index contributed by atoms with van der Waals surface area (Å²) < 4.78 is 0. The van der Waals surface area contributed by atoms with Crippen LogP contribution in [0.3, 0.4) is 0 Å². The molecule has 4 rings (SSSR count). The normalized spacial score (nSPS) is 24.9. The van der Waals surface area contributed by atoms with Crippen molar-refractivity contribution in [2.24, 2.45) is 5.92 Å². The number of hydrogen-bond donors (Lipinski definition) is 0. The van der Waals surface area contributed by atoms with Crippen molar-refractivity contribution in [3.8, 4) is 0 Å². The number of anilines is 1. The smallest absolute Gasteiger partial charge is 0.262 e. The van der Waals surface area contributed by atoms with E-state index < -0.39 is 18.1 Å². The molecule has 0 saturated carbocycles. The maximum Gasteiger partial charge on any atom is 0.262 e. The Morgan fingerprint density at radius 1 is 1.00 bits per heavy atom. The standard InChI is InChI=1S/C20H18Cl2N2O3/c1-11(2)23-19(25)16-17(14-9-8-12(21)10-15(14)22)24(27-18(16)20(23)26)13-6-4-3-5-7-13/h3-11,16-18H,1-2H3/t16-,17-,18-/m0/s1. The summed E-state index contributed by atoms with van der Waals surface area (Å²) in [6, 6.07) is 13.8. The number of fused-ring (bicyclic) bond motifs is 1. The monoisotopic (exact) mass is 404 g/mol. The fourth-order valence-corrected chi connectivity index (χ4v) is 4.32. The van der Waals surface area contributed by atoms with Crippen LogP contribution in [0.4, 0.5) is 5.69 Å². The molecule has 0 unspecified atom stereocenters. The Kier molecular flexibility index (Phi) is 4.62. The van der Waals surface area contributed by atoms with E-state index in [-0.39, 0.29) is 17.9 Å². The van der Waals surface area contributed by atoms with Gasteiger partial charge in [0.25, 0.3) is 5.91 Å². The van der Waals surface area contributed by atoms with Crippen molar-refractivity contribution in [3.05, 3.63) is 64.1 Å². The molecule has 7 heteroatoms. The van der Waals surface area contributed by atoms with Crippen LogP contribution in [0.1, 0.15) is 25.5 Å². The second kappa shape index (κ2) is 6.82. The largest absolute Gasteiger partial charge is 0.277 e. The fourth-order valence-electron chi connectivity index (χ4n) is 3.80. The van der Waals surface area contributed by atoms with Crippen LogP contribution in [0.25, 0.3) is 0 Å². The van der Waals surface area contributed by atoms with E-state index in [2.05, 4.69) is 0 Å². The van der Waals surface area contributed by atoms with E-state index in [4.69, 9.17) is 28.0 Å². The minimum absolute atomic E-state index is 0.231. The Morgan fingerprint density at radius 3 is 2.33 bits per heavy atom. The first kappa shape index (κ1) is 18.3. The number of likely N-dealkylation sites (tertiary alicyclic amines) is 1. The summed E-state index contributed by atoms with van der Waals surface area (Å²) in [7, 11) is 0. The van der Waals surface area contributed by atoms with Crippen molar-refractivity contribution in [2.45, 2.75) is 32.0 Å². The topological polar surface area (TPSA) is 49.9 Å². The molecule has 2 aliphatic heterocycles. The minimum Gasteiger partial charge on any atom is -0.277 e. The number of amides is 2. The number of nitrogens with zero attached hydrogens (tertiary/aromatic N) is 2. The number of imide groups is 1. The number of hydroxylamine groups is 1. The minimum atomic E-state index is -0.864. The predicted octanol–water partition coefficient (Wildman–Crippen LogP) is 4.25. The molecule has 0 bridgehead atoms. The maximum absolute atomic E-state index is 13.1. The zero-order valence-electron chi connectivity index (χ0n) is 14.8. The van der Waals surface area contributed by atoms with Gasteiger partial charge in [-0.2, -0.15) is 0 Å². The van der Waals surface area contributed by atoms with Gasteiger partial charge in [-0.15, -0.1) is 0 Å². The second-order valence-electron chi connectivity index (χ2n) is 6.96. The average Bonchev–Trinajstić information content (AvgIpc) is 3.12. The van der Waals surface area contributed by atoms with E-state index in [0.29, 0.717) is 15.6 Å². The van der Waals surface area contributed by atoms with Crippen LogP contribution in [0.2, 0.25) is 10.0 Å². The van der Waals surface area contributed by atoms with E-state index in [1.54, 1.807) is 23.3 Å². The highest BCUT2D eigenvalue weighted by molar-refractivity contribution is 6.35. The Balaban J connectivity index is 1.84. The third-order valence-corrected chi connectivity index (χ3v) is 5.52. The van der Waals surface area contributed by atoms with Crippen molar-refractivity contribution in [2.75, 3.05) is 5.06 Å². The van der Waals surface area contributed by atoms with Crippen molar-refractivity contribution in [3.63, 3.8) is 0 Å². The first-order valence-corrected chi connectivity index (χ1v) is 9.48. The fraction of sp³-hybridized carbons (Fsp3) is 0.300. The number of halogens is 2. The van der Waals surface area contributed by atoms with E-state index in [1.807, 2.05) is 44.2 Å². The summed E-state index contributed by atoms with van der Waals surface area (Å²) in [6.07, 6.45) is -0.864. The van der Waals surface area contributed by atoms with Gasteiger partial charge < -0.3 is 0 Å². The van der Waals surface area contributed by atoms with Crippen LogP contribution >= 0.6 is 23.2 Å². The van der Waals surface area contributed by atoms with Gasteiger partial charge in [-0.1, -0.05) is 47.5 Å². The highest BCUT2D eigenvalue weighted by Gasteiger charge is 2.60. The molecule has 140 valence electrons. The number of carbonyl (C=O) groups excluding carboxylic acids is 2. The summed E-state index contributed by atoms with van der Waals surface area (Å²) >= 11 is 12.5. The van der Waals surface area contributed by atoms with Crippen molar-refractivity contribution < 1.29 is 14.4 Å². The van der Waals surface area contributed by atoms with Crippen molar-refractivity contribution in [1.82, 2.24) is 4.90 Å². The van der Waals surface area contributed by atoms with Crippen LogP contribution in [-0.2, 0) is 14.4 Å². The van der Waals surface area contributed by atoms with Crippen LogP contribution in [0.15, 0.2) is 48.5 Å². The molecule has 0 N–H and O–H groups in total. The Labute approximate surface area is 167 Å². The first-order chi connectivity index (χ1) is 12.9. The van der Waals surface area contributed by atoms with Crippen LogP contribution in [0.5, 0.6) is 0 Å². The number of benzene rings is 2. The molecule has 2 aromatic carbocycles. The quantitative estimate of drug-likeness (QED) is 0.717. The van der Waals surface area contributed by atoms with Crippen molar-refractivity contribution >= 4 is 40.7 Å². The van der Waals surface area contributed by atoms with Gasteiger partial charge in [0.1, 0.15) is 5.92 Å². The van der Waals surface area contributed by atoms with Gasteiger partial charge in [0.15, 0.2) is 6.10 Å². The molecule has 0 aromatic heterocycles. The molecular weight excluding hydrogens is 387 g/mol. The molecule has 2 fully saturated rings. The van der Waals surface area contributed by atoms with Gasteiger partial charge in [0.05, 0.1) is 11.7 Å². The van der Waals surface area contributed by atoms with Gasteiger partial charge in [0.2, 0.25) is 5.91 Å². The summed E-state index contributed by atoms with van der Waals surface area (Å²) in [6.45, 7) is 3.63. The third-order valence-electron chi connectivity index (χ3n) is 4.96. The van der Waals surface area contributed by atoms with Gasteiger partial charge in [-0.3, -0.25) is 19.3 Å². The number of rotatable bonds is 3. The molecule has 2 saturated heterocycles. The van der Waals surface area contributed by atoms with E-state index in [9.17, 15) is 9.59 Å². The highest BCUT2D eigenvalue weighted by Crippen LogP contribution is 2.48. The number of para-hydroxylation sites is 1. The van der Waals surface area contributed by atoms with E-state index in [1.165, 1.54) is 4.90 Å². The number of carbonyl (C=O) groups is 2. The van der Waals surface area contributed by atoms with Gasteiger partial charge in [0, 0.05) is 16.1 Å². The second-order valence-corrected chi connectivity index (χ2v) is 7.81. The Bertz CT molecular complexity index is 903. The molecule has 0 radical (unpaired) electrons. The van der Waals surface area contributed by atoms with Gasteiger partial charge >= 0.3 is 0 Å². The zero-order chi connectivity index (χ0) is 19.3. The summed E-state index contributed by atoms with van der Waals surface area (Å²) in [5.74, 6) is -1.22. The Hall–Kier alpha value is -2.08. The van der Waals surface area contributed by atoms with Crippen LogP contribution in [0, 0.1) is 5.92 Å². The summed E-state index contributed by atoms with van der Waals surface area (Å²) in [5, 5.41) is 2.56. The Morgan fingerprint density at radius 2 is 1.70 bits per heavy atom. The molecule has 3 atom stereocenters. The lowest BCUT2D eigenvalue weighted by molar-refractivity contribution is -0.145. The highest BCUT2D eigenvalue weighted by atomic mass is 35.5. The summed E-state index contributed by atoms with van der Waals surface area (Å²) in [4.78, 5) is 33.2. The lowest BCUT2D eigenvalue weighted by Gasteiger charge is -2.30. The molecule has 2 aromatic rings. The SMILES string of the molecule is CC(C)N1C(=O)[C@@H]2[C@H](ON(c3ccccc3)[C@H]2c2ccc(Cl)cc2Cl)C1=O. The lowest BCUT2D eigenvalue weighted by Crippen LogP contribution is -2.41. The average molecular weight is 405 g/mol. The first-order valence-electron chi connectivity index (χ1n) is 8.73. The van der Waals surface area contributed by atoms with Crippen LogP contribution in [-0.4, -0.2) is 28.9 Å². The third kappa shape index (κ3) is 2.90. The molecule has 2 heterocycles. The van der Waals surface area contributed by atoms with E-state index in [0.717, 1.165) is 5.69 Å². The summed E-state index contributed by atoms with van der Waals surface area (Å²) in [5.41, 5.74) is 1.45. The number of hydrogen-bond acceptors (Lipinski definition) is 4. The molecule has 27 heavy (non-hydrogen) atoms. The lowest BCUT2D eigenvalue weighted by atomic mass is 9.90. The molecule has 2 aliphatic rings. The molecule has 0 aliphatic carbocycles. The molecule has 0 spiro atoms. The maximum atomic E-state index is 13.1.